The van der Waals surface area contributed by atoms with Crippen LogP contribution in [-0.4, -0.2) is 45.3 Å². The minimum absolute atomic E-state index is 0.199. The second kappa shape index (κ2) is 6.92. The fraction of sp³-hybridized carbons (Fsp3) is 0.450. The number of hydrogen-bond acceptors (Lipinski definition) is 4. The van der Waals surface area contributed by atoms with Crippen molar-refractivity contribution in [2.24, 2.45) is 5.41 Å². The van der Waals surface area contributed by atoms with Crippen LogP contribution in [0.25, 0.3) is 0 Å². The smallest absolute Gasteiger partial charge is 0.230 e. The Morgan fingerprint density at radius 3 is 2.80 bits per heavy atom. The molecule has 0 unspecified atom stereocenters. The lowest BCUT2D eigenvalue weighted by molar-refractivity contribution is -0.146. The molecule has 130 valence electrons. The van der Waals surface area contributed by atoms with Crippen LogP contribution >= 0.6 is 0 Å². The molecule has 1 amide bonds. The summed E-state index contributed by atoms with van der Waals surface area (Å²) in [4.78, 5) is 26.2. The summed E-state index contributed by atoms with van der Waals surface area (Å²) in [7, 11) is 0. The highest BCUT2D eigenvalue weighted by Gasteiger charge is 2.48. The predicted octanol–water partition coefficient (Wildman–Crippen LogP) is 2.49. The monoisotopic (exact) mass is 336 g/mol. The molecule has 2 fully saturated rings. The SMILES string of the molecule is O=C1N(Cc2cccnc2)CCC[C@@]12CCN(Cc1ccccn1)C2. The molecule has 1 spiro atoms. The standard InChI is InChI=1S/C20H24N4O/c25-19-20(7-4-11-24(19)14-17-5-3-9-21-13-17)8-12-23(16-20)15-18-6-1-2-10-22-18/h1-3,5-6,9-10,13H,4,7-8,11-12,14-16H2/t20-/m0/s1. The number of pyridine rings is 2. The average molecular weight is 336 g/mol. The average Bonchev–Trinajstić information content (AvgIpc) is 3.04. The van der Waals surface area contributed by atoms with E-state index in [1.165, 1.54) is 0 Å². The molecule has 2 aromatic rings. The van der Waals surface area contributed by atoms with Gasteiger partial charge in [0.05, 0.1) is 11.1 Å². The van der Waals surface area contributed by atoms with E-state index in [1.807, 2.05) is 41.6 Å². The molecule has 0 aliphatic carbocycles. The van der Waals surface area contributed by atoms with Crippen molar-refractivity contribution in [2.75, 3.05) is 19.6 Å². The maximum atomic E-state index is 13.2. The van der Waals surface area contributed by atoms with Crippen molar-refractivity contribution in [3.05, 3.63) is 60.2 Å². The molecule has 1 atom stereocenters. The van der Waals surface area contributed by atoms with Crippen molar-refractivity contribution >= 4 is 5.91 Å². The van der Waals surface area contributed by atoms with Crippen molar-refractivity contribution < 1.29 is 4.79 Å². The highest BCUT2D eigenvalue weighted by Crippen LogP contribution is 2.40. The number of piperidine rings is 1. The van der Waals surface area contributed by atoms with E-state index in [0.29, 0.717) is 12.5 Å². The zero-order valence-electron chi connectivity index (χ0n) is 14.5. The Kier molecular flexibility index (Phi) is 4.49. The van der Waals surface area contributed by atoms with Crippen LogP contribution in [-0.2, 0) is 17.9 Å². The summed E-state index contributed by atoms with van der Waals surface area (Å²) in [6.07, 6.45) is 8.52. The summed E-state index contributed by atoms with van der Waals surface area (Å²) >= 11 is 0. The van der Waals surface area contributed by atoms with Gasteiger partial charge in [0, 0.05) is 44.8 Å². The molecule has 0 aromatic carbocycles. The molecule has 0 N–H and O–H groups in total. The van der Waals surface area contributed by atoms with E-state index < -0.39 is 0 Å². The molecular weight excluding hydrogens is 312 g/mol. The van der Waals surface area contributed by atoms with Crippen molar-refractivity contribution in [2.45, 2.75) is 32.4 Å². The number of nitrogens with zero attached hydrogens (tertiary/aromatic N) is 4. The number of amides is 1. The first-order chi connectivity index (χ1) is 12.3. The maximum Gasteiger partial charge on any atom is 0.230 e. The number of rotatable bonds is 4. The fourth-order valence-corrected chi connectivity index (χ4v) is 4.21. The fourth-order valence-electron chi connectivity index (χ4n) is 4.21. The molecular formula is C20H24N4O. The van der Waals surface area contributed by atoms with Gasteiger partial charge in [-0.25, -0.2) is 0 Å². The van der Waals surface area contributed by atoms with Crippen LogP contribution in [0.1, 0.15) is 30.5 Å². The molecule has 4 rings (SSSR count). The molecule has 4 heterocycles. The summed E-state index contributed by atoms with van der Waals surface area (Å²) in [6, 6.07) is 10.0. The number of carbonyl (C=O) groups excluding carboxylic acids is 1. The minimum Gasteiger partial charge on any atom is -0.338 e. The van der Waals surface area contributed by atoms with Crippen LogP contribution in [0.2, 0.25) is 0 Å². The lowest BCUT2D eigenvalue weighted by Gasteiger charge is -2.39. The number of aromatic nitrogens is 2. The summed E-state index contributed by atoms with van der Waals surface area (Å²) in [6.45, 7) is 4.19. The first-order valence-corrected chi connectivity index (χ1v) is 9.06. The first kappa shape index (κ1) is 16.2. The Bertz CT molecular complexity index is 721. The van der Waals surface area contributed by atoms with E-state index in [4.69, 9.17) is 0 Å². The zero-order valence-corrected chi connectivity index (χ0v) is 14.5. The van der Waals surface area contributed by atoms with Crippen LogP contribution < -0.4 is 0 Å². The molecule has 25 heavy (non-hydrogen) atoms. The minimum atomic E-state index is -0.199. The van der Waals surface area contributed by atoms with Gasteiger partial charge in [0.1, 0.15) is 0 Å². The van der Waals surface area contributed by atoms with Crippen molar-refractivity contribution in [1.82, 2.24) is 19.8 Å². The summed E-state index contributed by atoms with van der Waals surface area (Å²) < 4.78 is 0. The molecule has 5 nitrogen and oxygen atoms in total. The van der Waals surface area contributed by atoms with E-state index >= 15 is 0 Å². The van der Waals surface area contributed by atoms with Gasteiger partial charge < -0.3 is 4.90 Å². The quantitative estimate of drug-likeness (QED) is 0.861. The molecule has 2 aromatic heterocycles. The Balaban J connectivity index is 1.43. The molecule has 2 aliphatic heterocycles. The van der Waals surface area contributed by atoms with Gasteiger partial charge in [-0.1, -0.05) is 12.1 Å². The van der Waals surface area contributed by atoms with Gasteiger partial charge in [-0.3, -0.25) is 19.7 Å². The largest absolute Gasteiger partial charge is 0.338 e. The Hall–Kier alpha value is -2.27. The molecule has 2 aliphatic rings. The Morgan fingerprint density at radius 2 is 2.00 bits per heavy atom. The molecule has 0 radical (unpaired) electrons. The topological polar surface area (TPSA) is 49.3 Å². The van der Waals surface area contributed by atoms with Gasteiger partial charge in [0.15, 0.2) is 0 Å². The molecule has 5 heteroatoms. The van der Waals surface area contributed by atoms with E-state index in [0.717, 1.165) is 56.7 Å². The summed E-state index contributed by atoms with van der Waals surface area (Å²) in [5.41, 5.74) is 1.99. The molecule has 2 saturated heterocycles. The van der Waals surface area contributed by atoms with E-state index in [-0.39, 0.29) is 5.41 Å². The van der Waals surface area contributed by atoms with E-state index in [1.54, 1.807) is 6.20 Å². The van der Waals surface area contributed by atoms with Crippen molar-refractivity contribution in [3.8, 4) is 0 Å². The first-order valence-electron chi connectivity index (χ1n) is 9.06. The maximum absolute atomic E-state index is 13.2. The van der Waals surface area contributed by atoms with Crippen LogP contribution in [0.15, 0.2) is 48.9 Å². The lowest BCUT2D eigenvalue weighted by Crippen LogP contribution is -2.49. The predicted molar refractivity (Wildman–Crippen MR) is 95.5 cm³/mol. The van der Waals surface area contributed by atoms with Gasteiger partial charge >= 0.3 is 0 Å². The second-order valence-electron chi connectivity index (χ2n) is 7.25. The summed E-state index contributed by atoms with van der Waals surface area (Å²) in [5, 5.41) is 0. The van der Waals surface area contributed by atoms with E-state index in [2.05, 4.69) is 20.9 Å². The Labute approximate surface area is 148 Å². The highest BCUT2D eigenvalue weighted by molar-refractivity contribution is 5.84. The Morgan fingerprint density at radius 1 is 1.04 bits per heavy atom. The van der Waals surface area contributed by atoms with Gasteiger partial charge in [0.2, 0.25) is 5.91 Å². The van der Waals surface area contributed by atoms with Crippen LogP contribution in [0.3, 0.4) is 0 Å². The third-order valence-corrected chi connectivity index (χ3v) is 5.47. The second-order valence-corrected chi connectivity index (χ2v) is 7.25. The van der Waals surface area contributed by atoms with Crippen LogP contribution in [0, 0.1) is 5.41 Å². The number of likely N-dealkylation sites (tertiary alicyclic amines) is 2. The number of hydrogen-bond donors (Lipinski definition) is 0. The molecule has 0 saturated carbocycles. The van der Waals surface area contributed by atoms with E-state index in [9.17, 15) is 4.79 Å². The van der Waals surface area contributed by atoms with Gasteiger partial charge in [-0.05, 0) is 49.6 Å². The lowest BCUT2D eigenvalue weighted by atomic mass is 9.78. The molecule has 0 bridgehead atoms. The third kappa shape index (κ3) is 3.42. The van der Waals surface area contributed by atoms with Gasteiger partial charge in [-0.2, -0.15) is 0 Å². The van der Waals surface area contributed by atoms with Gasteiger partial charge in [-0.15, -0.1) is 0 Å². The van der Waals surface area contributed by atoms with Crippen molar-refractivity contribution in [3.63, 3.8) is 0 Å². The zero-order chi connectivity index (χ0) is 17.1. The number of carbonyl (C=O) groups is 1. The van der Waals surface area contributed by atoms with Crippen LogP contribution in [0.5, 0.6) is 0 Å². The highest BCUT2D eigenvalue weighted by atomic mass is 16.2. The van der Waals surface area contributed by atoms with Gasteiger partial charge in [0.25, 0.3) is 0 Å². The van der Waals surface area contributed by atoms with Crippen LogP contribution in [0.4, 0.5) is 0 Å². The third-order valence-electron chi connectivity index (χ3n) is 5.47. The summed E-state index contributed by atoms with van der Waals surface area (Å²) in [5.74, 6) is 0.325. The van der Waals surface area contributed by atoms with Crippen molar-refractivity contribution in [1.29, 1.82) is 0 Å². The normalized spacial score (nSPS) is 24.2.